The second-order valence-electron chi connectivity index (χ2n) is 8.78. The average Bonchev–Trinajstić information content (AvgIpc) is 2.93. The molecule has 9 heteroatoms. The summed E-state index contributed by atoms with van der Waals surface area (Å²) in [7, 11) is 0. The molecule has 2 heterocycles. The van der Waals surface area contributed by atoms with Crippen molar-refractivity contribution in [3.63, 3.8) is 0 Å². The van der Waals surface area contributed by atoms with Crippen molar-refractivity contribution < 1.29 is 27.1 Å². The van der Waals surface area contributed by atoms with Crippen LogP contribution in [0.15, 0.2) is 99.0 Å². The predicted octanol–water partition coefficient (Wildman–Crippen LogP) is 7.76. The van der Waals surface area contributed by atoms with Crippen LogP contribution in [-0.4, -0.2) is 23.3 Å². The molecule has 2 aromatic heterocycles. The number of esters is 1. The maximum Gasteiger partial charge on any atom is 0.416 e. The lowest BCUT2D eigenvalue weighted by Gasteiger charge is -2.12. The monoisotopic (exact) mass is 549 g/mol. The highest BCUT2D eigenvalue weighted by Crippen LogP contribution is 2.35. The molecule has 0 saturated heterocycles. The molecular formula is C30H22F3NO4S. The molecule has 0 amide bonds. The molecule has 5 nitrogen and oxygen atoms in total. The van der Waals surface area contributed by atoms with E-state index in [1.807, 2.05) is 30.3 Å². The Kier molecular flexibility index (Phi) is 7.70. The summed E-state index contributed by atoms with van der Waals surface area (Å²) in [5.74, 6) is -0.0425. The van der Waals surface area contributed by atoms with E-state index in [0.717, 1.165) is 22.4 Å². The predicted molar refractivity (Wildman–Crippen MR) is 145 cm³/mol. The van der Waals surface area contributed by atoms with Crippen molar-refractivity contribution >= 4 is 39.6 Å². The summed E-state index contributed by atoms with van der Waals surface area (Å²) in [6, 6.07) is 22.8. The highest BCUT2D eigenvalue weighted by molar-refractivity contribution is 7.99. The summed E-state index contributed by atoms with van der Waals surface area (Å²) in [5.41, 5.74) is 0.339. The van der Waals surface area contributed by atoms with Gasteiger partial charge in [0.2, 0.25) is 0 Å². The summed E-state index contributed by atoms with van der Waals surface area (Å²) < 4.78 is 50.2. The largest absolute Gasteiger partial charge is 0.462 e. The number of fused-ring (bicyclic) bond motifs is 2. The van der Waals surface area contributed by atoms with Gasteiger partial charge in [-0.1, -0.05) is 48.5 Å². The van der Waals surface area contributed by atoms with Crippen LogP contribution in [0.4, 0.5) is 13.2 Å². The normalized spacial score (nSPS) is 11.7. The second kappa shape index (κ2) is 11.3. The minimum atomic E-state index is -4.44. The van der Waals surface area contributed by atoms with Crippen molar-refractivity contribution in [2.24, 2.45) is 0 Å². The fourth-order valence-electron chi connectivity index (χ4n) is 4.10. The van der Waals surface area contributed by atoms with Crippen molar-refractivity contribution in [2.75, 3.05) is 12.4 Å². The number of benzene rings is 3. The van der Waals surface area contributed by atoms with E-state index in [9.17, 15) is 22.8 Å². The molecule has 0 aliphatic carbocycles. The molecule has 0 bridgehead atoms. The molecular weight excluding hydrogens is 527 g/mol. The van der Waals surface area contributed by atoms with Gasteiger partial charge in [0.25, 0.3) is 0 Å². The van der Waals surface area contributed by atoms with Crippen LogP contribution in [0, 0.1) is 0 Å². The highest BCUT2D eigenvalue weighted by atomic mass is 32.2. The molecule has 0 N–H and O–H groups in total. The molecule has 198 valence electrons. The first-order valence-corrected chi connectivity index (χ1v) is 13.2. The summed E-state index contributed by atoms with van der Waals surface area (Å²) in [6.07, 6.45) is -3.16. The first kappa shape index (κ1) is 26.5. The molecule has 0 radical (unpaired) electrons. The third-order valence-electron chi connectivity index (χ3n) is 6.05. The van der Waals surface area contributed by atoms with E-state index in [1.54, 1.807) is 42.1 Å². The van der Waals surface area contributed by atoms with Crippen molar-refractivity contribution in [2.45, 2.75) is 23.9 Å². The molecule has 0 saturated carbocycles. The lowest BCUT2D eigenvalue weighted by molar-refractivity contribution is -0.137. The third-order valence-corrected chi connectivity index (χ3v) is 7.20. The fourth-order valence-corrected chi connectivity index (χ4v) is 5.19. The molecule has 5 aromatic rings. The first-order chi connectivity index (χ1) is 18.8. The zero-order valence-corrected chi connectivity index (χ0v) is 21.4. The molecule has 0 unspecified atom stereocenters. The molecule has 0 fully saturated rings. The lowest BCUT2D eigenvalue weighted by atomic mass is 10.1. The van der Waals surface area contributed by atoms with Crippen LogP contribution in [-0.2, 0) is 10.9 Å². The molecule has 0 atom stereocenters. The van der Waals surface area contributed by atoms with Gasteiger partial charge in [0.05, 0.1) is 23.4 Å². The minimum absolute atomic E-state index is 0.137. The highest BCUT2D eigenvalue weighted by Gasteiger charge is 2.30. The number of aromatic nitrogens is 1. The van der Waals surface area contributed by atoms with Gasteiger partial charge in [0.15, 0.2) is 0 Å². The van der Waals surface area contributed by atoms with Crippen LogP contribution in [0.3, 0.4) is 0 Å². The number of hydrogen-bond acceptors (Lipinski definition) is 6. The van der Waals surface area contributed by atoms with E-state index < -0.39 is 23.3 Å². The van der Waals surface area contributed by atoms with Crippen molar-refractivity contribution in [1.29, 1.82) is 0 Å². The zero-order valence-electron chi connectivity index (χ0n) is 20.5. The van der Waals surface area contributed by atoms with Gasteiger partial charge in [0, 0.05) is 21.2 Å². The molecule has 5 rings (SSSR count). The standard InChI is InChI=1S/C30H22F3NO4S/c31-30(32,33)21-10-7-9-19(16-21)25-18-27(22-11-2-3-12-24(22)34-25)39-15-6-5-14-37-28(35)23-17-20-8-1-4-13-26(20)38-29(23)36/h1-4,7-13,16-18H,5-6,14-15H2. The fraction of sp³-hybridized carbons (Fsp3) is 0.167. The van der Waals surface area contributed by atoms with Crippen LogP contribution in [0.2, 0.25) is 0 Å². The number of rotatable bonds is 8. The van der Waals surface area contributed by atoms with Gasteiger partial charge in [0.1, 0.15) is 11.1 Å². The van der Waals surface area contributed by atoms with Gasteiger partial charge in [-0.2, -0.15) is 13.2 Å². The minimum Gasteiger partial charge on any atom is -0.462 e. The smallest absolute Gasteiger partial charge is 0.416 e. The van der Waals surface area contributed by atoms with Crippen molar-refractivity contribution in [1.82, 2.24) is 4.98 Å². The number of hydrogen-bond donors (Lipinski definition) is 0. The van der Waals surface area contributed by atoms with Crippen LogP contribution in [0.25, 0.3) is 33.1 Å². The molecule has 39 heavy (non-hydrogen) atoms. The second-order valence-corrected chi connectivity index (χ2v) is 9.91. The molecule has 3 aromatic carbocycles. The Bertz CT molecular complexity index is 1710. The number of unbranched alkanes of at least 4 members (excludes halogenated alkanes) is 1. The lowest BCUT2D eigenvalue weighted by Crippen LogP contribution is -2.17. The number of para-hydroxylation sites is 2. The third kappa shape index (κ3) is 6.15. The zero-order chi connectivity index (χ0) is 27.4. The van der Waals surface area contributed by atoms with Gasteiger partial charge in [-0.3, -0.25) is 0 Å². The number of pyridine rings is 1. The Morgan fingerprint density at radius 2 is 1.72 bits per heavy atom. The summed E-state index contributed by atoms with van der Waals surface area (Å²) in [6.45, 7) is 0.137. The maximum absolute atomic E-state index is 13.2. The Morgan fingerprint density at radius 3 is 2.56 bits per heavy atom. The van der Waals surface area contributed by atoms with E-state index >= 15 is 0 Å². The average molecular weight is 550 g/mol. The number of alkyl halides is 3. The van der Waals surface area contributed by atoms with Gasteiger partial charge in [-0.25, -0.2) is 14.6 Å². The maximum atomic E-state index is 13.2. The van der Waals surface area contributed by atoms with Crippen LogP contribution in [0.5, 0.6) is 0 Å². The number of ether oxygens (including phenoxy) is 1. The van der Waals surface area contributed by atoms with Gasteiger partial charge >= 0.3 is 17.8 Å². The van der Waals surface area contributed by atoms with Gasteiger partial charge < -0.3 is 9.15 Å². The summed E-state index contributed by atoms with van der Waals surface area (Å²) in [4.78, 5) is 30.0. The number of halogens is 3. The summed E-state index contributed by atoms with van der Waals surface area (Å²) in [5, 5.41) is 1.54. The van der Waals surface area contributed by atoms with Crippen molar-refractivity contribution in [3.05, 3.63) is 106 Å². The quantitative estimate of drug-likeness (QED) is 0.0853. The number of carbonyl (C=O) groups is 1. The van der Waals surface area contributed by atoms with Crippen LogP contribution in [0.1, 0.15) is 28.8 Å². The van der Waals surface area contributed by atoms with E-state index in [-0.39, 0.29) is 12.2 Å². The van der Waals surface area contributed by atoms with Gasteiger partial charge in [-0.15, -0.1) is 11.8 Å². The van der Waals surface area contributed by atoms with Crippen LogP contribution < -0.4 is 5.63 Å². The Labute approximate surface area is 225 Å². The topological polar surface area (TPSA) is 69.4 Å². The molecule has 0 spiro atoms. The Hall–Kier alpha value is -4.11. The van der Waals surface area contributed by atoms with E-state index in [1.165, 1.54) is 12.1 Å². The van der Waals surface area contributed by atoms with E-state index in [0.29, 0.717) is 46.3 Å². The van der Waals surface area contributed by atoms with Crippen LogP contribution >= 0.6 is 11.8 Å². The Morgan fingerprint density at radius 1 is 0.923 bits per heavy atom. The number of nitrogens with zero attached hydrogens (tertiary/aromatic N) is 1. The first-order valence-electron chi connectivity index (χ1n) is 12.2. The van der Waals surface area contributed by atoms with Gasteiger partial charge in [-0.05, 0) is 55.0 Å². The van der Waals surface area contributed by atoms with Crippen molar-refractivity contribution in [3.8, 4) is 11.3 Å². The number of thioether (sulfide) groups is 1. The molecule has 0 aliphatic heterocycles. The Balaban J connectivity index is 1.22. The van der Waals surface area contributed by atoms with E-state index in [2.05, 4.69) is 4.98 Å². The SMILES string of the molecule is O=C(OCCCCSc1cc(-c2cccc(C(F)(F)F)c2)nc2ccccc12)c1cc2ccccc2oc1=O. The number of carbonyl (C=O) groups excluding carboxylic acids is 1. The van der Waals surface area contributed by atoms with E-state index in [4.69, 9.17) is 9.15 Å². The summed E-state index contributed by atoms with van der Waals surface area (Å²) >= 11 is 1.56. The molecule has 0 aliphatic rings.